The molecule has 272 valence electrons. The van der Waals surface area contributed by atoms with Crippen LogP contribution in [0.25, 0.3) is 39.2 Å². The standard InChI is InChI=1S/C40H39Cl2N7O4/c1-53-39-25(19-43-21-27-9-12-35(50)45-27)8-11-33(46-39)32-7-3-6-31(38(32)42)30-5-2-4-29(37(30)41)24-14-15-49-34(18-24)44-20-26(40(49)52)22-47-16-17-48-28(23-47)10-13-36(48)51/h2-8,11,14-15,18,20,27-28,43H,9-10,12-13,16-17,19,21-23H2,1H3,(H,45,50). The number of nitrogens with one attached hydrogen (secondary N) is 2. The second-order valence-corrected chi connectivity index (χ2v) is 14.6. The average Bonchev–Trinajstić information content (AvgIpc) is 3.76. The number of fused-ring (bicyclic) bond motifs is 2. The van der Waals surface area contributed by atoms with E-state index >= 15 is 0 Å². The minimum Gasteiger partial charge on any atom is -0.481 e. The zero-order valence-electron chi connectivity index (χ0n) is 29.3. The Hall–Kier alpha value is -4.81. The van der Waals surface area contributed by atoms with E-state index in [1.165, 1.54) is 0 Å². The first kappa shape index (κ1) is 35.2. The Morgan fingerprint density at radius 3 is 2.45 bits per heavy atom. The van der Waals surface area contributed by atoms with Crippen molar-refractivity contribution in [2.75, 3.05) is 33.3 Å². The molecule has 6 heterocycles. The summed E-state index contributed by atoms with van der Waals surface area (Å²) in [6, 6.07) is 19.6. The Kier molecular flexibility index (Phi) is 9.91. The van der Waals surface area contributed by atoms with Gasteiger partial charge in [-0.05, 0) is 36.6 Å². The van der Waals surface area contributed by atoms with Gasteiger partial charge in [-0.1, -0.05) is 65.7 Å². The van der Waals surface area contributed by atoms with Crippen LogP contribution in [-0.2, 0) is 22.7 Å². The van der Waals surface area contributed by atoms with Gasteiger partial charge in [0.25, 0.3) is 5.56 Å². The van der Waals surface area contributed by atoms with Gasteiger partial charge >= 0.3 is 0 Å². The summed E-state index contributed by atoms with van der Waals surface area (Å²) in [5.41, 5.74) is 6.44. The Bertz CT molecular complexity index is 2300. The molecule has 2 aromatic carbocycles. The van der Waals surface area contributed by atoms with Gasteiger partial charge in [0.15, 0.2) is 0 Å². The molecule has 0 radical (unpaired) electrons. The van der Waals surface area contributed by atoms with E-state index in [1.54, 1.807) is 23.9 Å². The third kappa shape index (κ3) is 7.02. The molecule has 2 amide bonds. The molecule has 3 aromatic heterocycles. The Balaban J connectivity index is 1.02. The van der Waals surface area contributed by atoms with Gasteiger partial charge in [-0.15, -0.1) is 0 Å². The lowest BCUT2D eigenvalue weighted by atomic mass is 9.97. The number of ether oxygens (including phenoxy) is 1. The van der Waals surface area contributed by atoms with Crippen LogP contribution < -0.4 is 20.9 Å². The van der Waals surface area contributed by atoms with Crippen molar-refractivity contribution in [2.24, 2.45) is 0 Å². The van der Waals surface area contributed by atoms with Gasteiger partial charge in [0.05, 0.1) is 28.4 Å². The van der Waals surface area contributed by atoms with Crippen molar-refractivity contribution in [3.8, 4) is 39.4 Å². The highest BCUT2D eigenvalue weighted by atomic mass is 35.5. The minimum atomic E-state index is -0.108. The second kappa shape index (κ2) is 14.9. The molecule has 0 bridgehead atoms. The molecule has 5 aromatic rings. The molecule has 11 nitrogen and oxygen atoms in total. The van der Waals surface area contributed by atoms with Gasteiger partial charge in [0.1, 0.15) is 5.65 Å². The zero-order valence-corrected chi connectivity index (χ0v) is 30.8. The summed E-state index contributed by atoms with van der Waals surface area (Å²) in [5.74, 6) is 0.822. The van der Waals surface area contributed by atoms with Gasteiger partial charge < -0.3 is 20.3 Å². The highest BCUT2D eigenvalue weighted by Crippen LogP contribution is 2.42. The number of rotatable bonds is 10. The Labute approximate surface area is 316 Å². The van der Waals surface area contributed by atoms with E-state index in [0.717, 1.165) is 59.3 Å². The SMILES string of the molecule is COc1nc(-c2cccc(-c3cccc(-c4ccn5c(=O)c(CN6CCN7C(=O)CCC7C6)cnc5c4)c3Cl)c2Cl)ccc1CNCC1CCC(=O)N1. The third-order valence-corrected chi connectivity index (χ3v) is 11.4. The van der Waals surface area contributed by atoms with Crippen molar-refractivity contribution in [1.82, 2.24) is 34.8 Å². The zero-order chi connectivity index (χ0) is 36.6. The van der Waals surface area contributed by atoms with E-state index in [-0.39, 0.29) is 29.5 Å². The number of carbonyl (C=O) groups is 2. The lowest BCUT2D eigenvalue weighted by Gasteiger charge is -2.37. The summed E-state index contributed by atoms with van der Waals surface area (Å²) in [6.07, 6.45) is 6.29. The quantitative estimate of drug-likeness (QED) is 0.190. The van der Waals surface area contributed by atoms with E-state index in [1.807, 2.05) is 65.6 Å². The van der Waals surface area contributed by atoms with Crippen LogP contribution in [0.5, 0.6) is 5.88 Å². The van der Waals surface area contributed by atoms with Gasteiger partial charge in [-0.3, -0.25) is 23.7 Å². The topological polar surface area (TPSA) is 121 Å². The summed E-state index contributed by atoms with van der Waals surface area (Å²) >= 11 is 14.2. The van der Waals surface area contributed by atoms with Gasteiger partial charge in [0.2, 0.25) is 17.7 Å². The Morgan fingerprint density at radius 1 is 0.906 bits per heavy atom. The smallest absolute Gasteiger partial charge is 0.262 e. The number of nitrogens with zero attached hydrogens (tertiary/aromatic N) is 5. The first-order valence-electron chi connectivity index (χ1n) is 17.9. The number of halogens is 2. The second-order valence-electron chi connectivity index (χ2n) is 13.9. The van der Waals surface area contributed by atoms with Crippen molar-refractivity contribution >= 4 is 40.7 Å². The summed E-state index contributed by atoms with van der Waals surface area (Å²) in [5, 5.41) is 7.39. The Morgan fingerprint density at radius 2 is 1.68 bits per heavy atom. The molecule has 3 aliphatic heterocycles. The third-order valence-electron chi connectivity index (χ3n) is 10.6. The number of piperazine rings is 1. The van der Waals surface area contributed by atoms with Crippen LogP contribution in [0.4, 0.5) is 0 Å². The van der Waals surface area contributed by atoms with Crippen LogP contribution in [0.1, 0.15) is 36.8 Å². The number of carbonyl (C=O) groups excluding carboxylic acids is 2. The number of pyridine rings is 2. The normalized spacial score (nSPS) is 18.8. The predicted molar refractivity (Wildman–Crippen MR) is 205 cm³/mol. The molecule has 53 heavy (non-hydrogen) atoms. The molecule has 3 aliphatic rings. The molecular weight excluding hydrogens is 713 g/mol. The molecule has 8 rings (SSSR count). The van der Waals surface area contributed by atoms with Gasteiger partial charge in [0, 0.05) is 104 Å². The molecule has 13 heteroatoms. The van der Waals surface area contributed by atoms with Crippen LogP contribution in [-0.4, -0.2) is 81.4 Å². The summed E-state index contributed by atoms with van der Waals surface area (Å²) in [4.78, 5) is 50.9. The molecule has 2 unspecified atom stereocenters. The van der Waals surface area contributed by atoms with E-state index in [9.17, 15) is 14.4 Å². The fraction of sp³-hybridized carbons (Fsp3) is 0.325. The van der Waals surface area contributed by atoms with Crippen molar-refractivity contribution in [1.29, 1.82) is 0 Å². The lowest BCUT2D eigenvalue weighted by molar-refractivity contribution is -0.130. The number of hydrogen-bond donors (Lipinski definition) is 2. The summed E-state index contributed by atoms with van der Waals surface area (Å²) in [7, 11) is 1.59. The predicted octanol–water partition coefficient (Wildman–Crippen LogP) is 5.58. The summed E-state index contributed by atoms with van der Waals surface area (Å²) < 4.78 is 7.23. The molecule has 2 atom stereocenters. The van der Waals surface area contributed by atoms with Crippen molar-refractivity contribution in [2.45, 2.75) is 50.9 Å². The molecule has 3 fully saturated rings. The molecule has 0 aliphatic carbocycles. The van der Waals surface area contributed by atoms with Crippen LogP contribution in [0, 0.1) is 0 Å². The molecule has 0 saturated carbocycles. The van der Waals surface area contributed by atoms with Crippen molar-refractivity contribution in [3.63, 3.8) is 0 Å². The lowest BCUT2D eigenvalue weighted by Crippen LogP contribution is -2.51. The molecule has 2 N–H and O–H groups in total. The molecular formula is C40H39Cl2N7O4. The fourth-order valence-electron chi connectivity index (χ4n) is 7.75. The number of methoxy groups -OCH3 is 1. The van der Waals surface area contributed by atoms with E-state index in [0.29, 0.717) is 71.9 Å². The first-order chi connectivity index (χ1) is 25.8. The highest BCUT2D eigenvalue weighted by molar-refractivity contribution is 6.39. The number of amides is 2. The maximum absolute atomic E-state index is 13.5. The van der Waals surface area contributed by atoms with E-state index in [4.69, 9.17) is 32.9 Å². The number of aromatic nitrogens is 3. The minimum absolute atomic E-state index is 0.0940. The number of benzene rings is 2. The summed E-state index contributed by atoms with van der Waals surface area (Å²) in [6.45, 7) is 3.92. The molecule has 3 saturated heterocycles. The largest absolute Gasteiger partial charge is 0.481 e. The fourth-order valence-corrected chi connectivity index (χ4v) is 8.41. The maximum Gasteiger partial charge on any atom is 0.262 e. The van der Waals surface area contributed by atoms with Crippen LogP contribution in [0.3, 0.4) is 0 Å². The van der Waals surface area contributed by atoms with Gasteiger partial charge in [-0.25, -0.2) is 9.97 Å². The molecule has 0 spiro atoms. The monoisotopic (exact) mass is 751 g/mol. The highest BCUT2D eigenvalue weighted by Gasteiger charge is 2.35. The number of hydrogen-bond acceptors (Lipinski definition) is 8. The first-order valence-corrected chi connectivity index (χ1v) is 18.7. The van der Waals surface area contributed by atoms with Crippen LogP contribution in [0.2, 0.25) is 10.0 Å². The van der Waals surface area contributed by atoms with E-state index in [2.05, 4.69) is 20.5 Å². The average molecular weight is 753 g/mol. The van der Waals surface area contributed by atoms with Gasteiger partial charge in [-0.2, -0.15) is 0 Å². The maximum atomic E-state index is 13.5. The van der Waals surface area contributed by atoms with E-state index < -0.39 is 0 Å². The van der Waals surface area contributed by atoms with Crippen molar-refractivity contribution < 1.29 is 14.3 Å². The van der Waals surface area contributed by atoms with Crippen LogP contribution in [0.15, 0.2) is 77.9 Å². The van der Waals surface area contributed by atoms with Crippen LogP contribution >= 0.6 is 23.2 Å². The van der Waals surface area contributed by atoms with Crippen molar-refractivity contribution in [3.05, 3.63) is 105 Å².